The smallest absolute Gasteiger partial charge is 0.252 e. The molecule has 5 heterocycles. The molecule has 3 aromatic heterocycles. The van der Waals surface area contributed by atoms with Gasteiger partial charge in [0, 0.05) is 77.8 Å². The molecule has 72 heavy (non-hydrogen) atoms. The van der Waals surface area contributed by atoms with Crippen molar-refractivity contribution in [1.29, 1.82) is 0 Å². The van der Waals surface area contributed by atoms with Crippen LogP contribution in [0.4, 0.5) is 34.1 Å². The molecule has 0 N–H and O–H groups in total. The van der Waals surface area contributed by atoms with Crippen LogP contribution in [0.5, 0.6) is 0 Å². The molecule has 5 nitrogen and oxygen atoms in total. The number of fused-ring (bicyclic) bond motifs is 13. The molecule has 334 valence electrons. The Kier molecular flexibility index (Phi) is 8.19. The Labute approximate surface area is 416 Å². The Balaban J connectivity index is 1.03. The number of anilines is 6. The molecule has 2 aliphatic heterocycles. The van der Waals surface area contributed by atoms with Gasteiger partial charge in [0.25, 0.3) is 6.71 Å². The van der Waals surface area contributed by atoms with Gasteiger partial charge >= 0.3 is 0 Å². The van der Waals surface area contributed by atoms with Gasteiger partial charge < -0.3 is 23.5 Å². The molecule has 11 aromatic carbocycles. The van der Waals surface area contributed by atoms with Crippen molar-refractivity contribution in [2.24, 2.45) is 0 Å². The summed E-state index contributed by atoms with van der Waals surface area (Å²) in [7, 11) is 0. The fourth-order valence-electron chi connectivity index (χ4n) is 12.7. The predicted octanol–water partition coefficient (Wildman–Crippen LogP) is 15.1. The zero-order valence-electron chi connectivity index (χ0n) is 39.1. The summed E-state index contributed by atoms with van der Waals surface area (Å²) in [6.07, 6.45) is 0. The fraction of sp³-hybridized carbons (Fsp3) is 0. The van der Waals surface area contributed by atoms with E-state index in [-0.39, 0.29) is 6.71 Å². The van der Waals surface area contributed by atoms with E-state index in [2.05, 4.69) is 278 Å². The van der Waals surface area contributed by atoms with Crippen molar-refractivity contribution in [3.05, 3.63) is 255 Å². The molecule has 0 aliphatic carbocycles. The molecule has 0 fully saturated rings. The molecular formula is C66H42BN5. The lowest BCUT2D eigenvalue weighted by Gasteiger charge is -2.44. The summed E-state index contributed by atoms with van der Waals surface area (Å²) >= 11 is 0. The van der Waals surface area contributed by atoms with Crippen molar-refractivity contribution in [3.63, 3.8) is 0 Å². The number of aromatic nitrogens is 3. The first-order valence-electron chi connectivity index (χ1n) is 24.9. The standard InChI is InChI=1S/C66H42BN5/c1-3-19-43(20-4-1)68-62-33-17-11-27-54(62)67-55-28-12-18-34-63(55)69(44-21-5-2-6-22-44)65-42-47(41-64(68)66(65)67)72-60-37-35-45(70-56-29-13-7-23-48(56)49-24-8-14-30-57(49)70)39-52(60)53-40-46(36-38-61(53)72)71-58-31-15-9-25-50(58)51-26-10-16-32-59(51)71/h1-42H. The van der Waals surface area contributed by atoms with Gasteiger partial charge in [-0.3, -0.25) is 0 Å². The van der Waals surface area contributed by atoms with Crippen LogP contribution in [0.3, 0.4) is 0 Å². The van der Waals surface area contributed by atoms with E-state index in [0.717, 1.165) is 39.5 Å². The maximum atomic E-state index is 2.52. The van der Waals surface area contributed by atoms with Crippen LogP contribution in [-0.2, 0) is 0 Å². The Morgan fingerprint density at radius 3 is 0.972 bits per heavy atom. The van der Waals surface area contributed by atoms with Gasteiger partial charge in [0.1, 0.15) is 0 Å². The normalized spacial score (nSPS) is 12.9. The van der Waals surface area contributed by atoms with Crippen LogP contribution < -0.4 is 26.2 Å². The van der Waals surface area contributed by atoms with Gasteiger partial charge in [-0.25, -0.2) is 0 Å². The highest BCUT2D eigenvalue weighted by molar-refractivity contribution is 7.00. The second-order valence-electron chi connectivity index (χ2n) is 19.3. The fourth-order valence-corrected chi connectivity index (χ4v) is 12.7. The highest BCUT2D eigenvalue weighted by atomic mass is 15.2. The first kappa shape index (κ1) is 39.3. The molecule has 16 rings (SSSR count). The topological polar surface area (TPSA) is 21.3 Å². The minimum absolute atomic E-state index is 0.0251. The van der Waals surface area contributed by atoms with E-state index in [1.54, 1.807) is 0 Å². The van der Waals surface area contributed by atoms with Crippen molar-refractivity contribution in [1.82, 2.24) is 13.7 Å². The van der Waals surface area contributed by atoms with E-state index in [9.17, 15) is 0 Å². The second-order valence-corrected chi connectivity index (χ2v) is 19.3. The Bertz CT molecular complexity index is 4150. The van der Waals surface area contributed by atoms with Gasteiger partial charge in [0.15, 0.2) is 0 Å². The van der Waals surface area contributed by atoms with Crippen molar-refractivity contribution >= 4 is 123 Å². The Hall–Kier alpha value is -9.52. The summed E-state index contributed by atoms with van der Waals surface area (Å²) in [5, 5.41) is 7.37. The average Bonchev–Trinajstić information content (AvgIpc) is 4.08. The van der Waals surface area contributed by atoms with E-state index in [0.29, 0.717) is 0 Å². The third-order valence-electron chi connectivity index (χ3n) is 15.6. The quantitative estimate of drug-likeness (QED) is 0.160. The van der Waals surface area contributed by atoms with E-state index >= 15 is 0 Å². The van der Waals surface area contributed by atoms with Gasteiger partial charge in [0.2, 0.25) is 0 Å². The van der Waals surface area contributed by atoms with Crippen LogP contribution in [0.1, 0.15) is 0 Å². The first-order chi connectivity index (χ1) is 35.8. The lowest BCUT2D eigenvalue weighted by atomic mass is 9.33. The van der Waals surface area contributed by atoms with Crippen molar-refractivity contribution in [2.45, 2.75) is 0 Å². The van der Waals surface area contributed by atoms with Crippen LogP contribution in [0.25, 0.3) is 82.5 Å². The van der Waals surface area contributed by atoms with Gasteiger partial charge in [-0.1, -0.05) is 146 Å². The number of para-hydroxylation sites is 8. The van der Waals surface area contributed by atoms with Crippen molar-refractivity contribution in [2.75, 3.05) is 9.80 Å². The van der Waals surface area contributed by atoms with E-state index in [1.807, 2.05) is 0 Å². The summed E-state index contributed by atoms with van der Waals surface area (Å²) in [6.45, 7) is 0.0251. The molecular weight excluding hydrogens is 874 g/mol. The molecule has 0 unspecified atom stereocenters. The molecule has 0 spiro atoms. The average molecular weight is 916 g/mol. The lowest BCUT2D eigenvalue weighted by molar-refractivity contribution is 1.15. The predicted molar refractivity (Wildman–Crippen MR) is 303 cm³/mol. The highest BCUT2D eigenvalue weighted by Gasteiger charge is 2.43. The summed E-state index contributed by atoms with van der Waals surface area (Å²) in [5.74, 6) is 0. The molecule has 2 aliphatic rings. The number of nitrogens with zero attached hydrogens (tertiary/aromatic N) is 5. The number of hydrogen-bond acceptors (Lipinski definition) is 2. The SMILES string of the molecule is c1ccc(N2c3ccccc3B3c4ccccc4N(c4ccccc4)c4cc(-n5c6ccc(-n7c8ccccc8c8ccccc87)cc6c6cc(-n7c8ccccc8c8ccccc87)ccc65)cc2c43)cc1. The van der Waals surface area contributed by atoms with Gasteiger partial charge in [-0.05, 0) is 126 Å². The van der Waals surface area contributed by atoms with Crippen LogP contribution in [0.2, 0.25) is 0 Å². The van der Waals surface area contributed by atoms with Crippen LogP contribution in [0.15, 0.2) is 255 Å². The highest BCUT2D eigenvalue weighted by Crippen LogP contribution is 2.47. The molecule has 14 aromatic rings. The first-order valence-corrected chi connectivity index (χ1v) is 24.9. The molecule has 0 saturated heterocycles. The van der Waals surface area contributed by atoms with Gasteiger partial charge in [-0.2, -0.15) is 0 Å². The van der Waals surface area contributed by atoms with E-state index < -0.39 is 0 Å². The lowest BCUT2D eigenvalue weighted by Crippen LogP contribution is -2.61. The second kappa shape index (κ2) is 15.0. The number of benzene rings is 11. The minimum atomic E-state index is 0.0251. The van der Waals surface area contributed by atoms with Gasteiger partial charge in [0.05, 0.1) is 38.8 Å². The third kappa shape index (κ3) is 5.43. The van der Waals surface area contributed by atoms with Crippen LogP contribution in [0, 0.1) is 0 Å². The van der Waals surface area contributed by atoms with Gasteiger partial charge in [-0.15, -0.1) is 0 Å². The summed E-state index contributed by atoms with van der Waals surface area (Å²) < 4.78 is 7.41. The zero-order chi connectivity index (χ0) is 47.0. The Morgan fingerprint density at radius 1 is 0.222 bits per heavy atom. The van der Waals surface area contributed by atoms with Crippen molar-refractivity contribution < 1.29 is 0 Å². The maximum absolute atomic E-state index is 2.52. The summed E-state index contributed by atoms with van der Waals surface area (Å²) in [5.41, 5.74) is 21.3. The number of hydrogen-bond donors (Lipinski definition) is 0. The molecule has 6 heteroatoms. The summed E-state index contributed by atoms with van der Waals surface area (Å²) in [6, 6.07) is 94.2. The largest absolute Gasteiger partial charge is 0.311 e. The molecule has 0 saturated carbocycles. The monoisotopic (exact) mass is 915 g/mol. The van der Waals surface area contributed by atoms with Crippen LogP contribution in [-0.4, -0.2) is 20.4 Å². The van der Waals surface area contributed by atoms with Crippen LogP contribution >= 0.6 is 0 Å². The third-order valence-corrected chi connectivity index (χ3v) is 15.6. The molecule has 0 radical (unpaired) electrons. The summed E-state index contributed by atoms with van der Waals surface area (Å²) in [4.78, 5) is 5.00. The minimum Gasteiger partial charge on any atom is -0.311 e. The number of rotatable bonds is 5. The van der Waals surface area contributed by atoms with E-state index in [4.69, 9.17) is 0 Å². The molecule has 0 amide bonds. The van der Waals surface area contributed by atoms with Crippen molar-refractivity contribution in [3.8, 4) is 17.1 Å². The maximum Gasteiger partial charge on any atom is 0.252 e. The molecule has 0 atom stereocenters. The zero-order valence-corrected chi connectivity index (χ0v) is 39.1. The van der Waals surface area contributed by atoms with E-state index in [1.165, 1.54) is 93.5 Å². The Morgan fingerprint density at radius 2 is 0.556 bits per heavy atom. The molecule has 0 bridgehead atoms.